The van der Waals surface area contributed by atoms with Crippen LogP contribution in [-0.2, 0) is 0 Å². The first-order valence-electron chi connectivity index (χ1n) is 9.63. The van der Waals surface area contributed by atoms with E-state index in [1.807, 2.05) is 12.1 Å². The number of piperidine rings is 1. The van der Waals surface area contributed by atoms with Gasteiger partial charge in [-0.25, -0.2) is 4.98 Å². The van der Waals surface area contributed by atoms with Gasteiger partial charge in [-0.15, -0.1) is 0 Å². The van der Waals surface area contributed by atoms with Crippen LogP contribution in [0.2, 0.25) is 0 Å². The molecule has 0 bridgehead atoms. The summed E-state index contributed by atoms with van der Waals surface area (Å²) in [5.74, 6) is 1.65. The second kappa shape index (κ2) is 8.64. The van der Waals surface area contributed by atoms with Crippen LogP contribution in [-0.4, -0.2) is 46.2 Å². The van der Waals surface area contributed by atoms with Crippen molar-refractivity contribution in [2.45, 2.75) is 19.3 Å². The smallest absolute Gasteiger partial charge is 0.252 e. The Morgan fingerprint density at radius 2 is 2.00 bits per heavy atom. The number of anilines is 1. The molecule has 0 aliphatic carbocycles. The van der Waals surface area contributed by atoms with Gasteiger partial charge in [-0.3, -0.25) is 9.78 Å². The Bertz CT molecular complexity index is 1010. The van der Waals surface area contributed by atoms with E-state index < -0.39 is 0 Å². The molecule has 4 rings (SSSR count). The number of nitrogens with one attached hydrogen (secondary N) is 1. The van der Waals surface area contributed by atoms with Crippen molar-refractivity contribution in [3.8, 4) is 11.4 Å². The predicted octanol–water partition coefficient (Wildman–Crippen LogP) is 3.05. The summed E-state index contributed by atoms with van der Waals surface area (Å²) in [5.41, 5.74) is 2.05. The lowest BCUT2D eigenvalue weighted by molar-refractivity contribution is 0.0962. The van der Waals surface area contributed by atoms with Crippen LogP contribution >= 0.6 is 0 Å². The predicted molar refractivity (Wildman–Crippen MR) is 110 cm³/mol. The third-order valence-corrected chi connectivity index (χ3v) is 4.79. The Morgan fingerprint density at radius 3 is 2.76 bits per heavy atom. The van der Waals surface area contributed by atoms with E-state index in [4.69, 9.17) is 4.52 Å². The van der Waals surface area contributed by atoms with Crippen LogP contribution in [0.4, 0.5) is 5.82 Å². The highest BCUT2D eigenvalue weighted by Gasteiger charge is 2.13. The van der Waals surface area contributed by atoms with Gasteiger partial charge >= 0.3 is 0 Å². The van der Waals surface area contributed by atoms with Gasteiger partial charge in [-0.1, -0.05) is 5.16 Å². The molecule has 1 saturated heterocycles. The minimum Gasteiger partial charge on any atom is -0.357 e. The van der Waals surface area contributed by atoms with E-state index in [0.29, 0.717) is 17.3 Å². The molecule has 1 aliphatic rings. The quantitative estimate of drug-likeness (QED) is 0.715. The Hall–Kier alpha value is -3.55. The number of carbonyl (C=O) groups is 1. The lowest BCUT2D eigenvalue weighted by atomic mass is 10.1. The highest BCUT2D eigenvalue weighted by atomic mass is 16.5. The summed E-state index contributed by atoms with van der Waals surface area (Å²) >= 11 is 0. The third-order valence-electron chi connectivity index (χ3n) is 4.79. The molecule has 1 aliphatic heterocycles. The van der Waals surface area contributed by atoms with E-state index in [2.05, 4.69) is 30.3 Å². The number of nitrogens with zero attached hydrogens (tertiary/aromatic N) is 5. The highest BCUT2D eigenvalue weighted by Crippen LogP contribution is 2.21. The van der Waals surface area contributed by atoms with Crippen LogP contribution in [0.25, 0.3) is 23.5 Å². The van der Waals surface area contributed by atoms with Crippen molar-refractivity contribution < 1.29 is 9.32 Å². The standard InChI is InChI=1S/C21H22N6O2/c1-22-21(28)17-11-15(12-23-13-17)5-8-19-25-20(26-29-19)16-6-7-18(24-14-16)27-9-3-2-4-10-27/h5-8,11-14H,2-4,9-10H2,1H3,(H,22,28)/b8-5+. The Labute approximate surface area is 168 Å². The molecule has 3 aromatic rings. The minimum absolute atomic E-state index is 0.187. The van der Waals surface area contributed by atoms with Crippen LogP contribution < -0.4 is 10.2 Å². The second-order valence-corrected chi connectivity index (χ2v) is 6.83. The normalized spacial score (nSPS) is 14.3. The average Bonchev–Trinajstić information content (AvgIpc) is 3.27. The van der Waals surface area contributed by atoms with E-state index in [0.717, 1.165) is 30.0 Å². The summed E-state index contributed by atoms with van der Waals surface area (Å²) in [5, 5.41) is 6.60. The fraction of sp³-hybridized carbons (Fsp3) is 0.286. The first kappa shape index (κ1) is 18.8. The lowest BCUT2D eigenvalue weighted by Crippen LogP contribution is -2.29. The summed E-state index contributed by atoms with van der Waals surface area (Å²) in [7, 11) is 1.58. The molecule has 29 heavy (non-hydrogen) atoms. The largest absolute Gasteiger partial charge is 0.357 e. The van der Waals surface area contributed by atoms with Gasteiger partial charge in [0.15, 0.2) is 0 Å². The summed E-state index contributed by atoms with van der Waals surface area (Å²) < 4.78 is 5.30. The fourth-order valence-corrected chi connectivity index (χ4v) is 3.23. The van der Waals surface area contributed by atoms with Crippen LogP contribution in [0.15, 0.2) is 41.3 Å². The zero-order valence-electron chi connectivity index (χ0n) is 16.2. The van der Waals surface area contributed by atoms with Crippen molar-refractivity contribution in [2.24, 2.45) is 0 Å². The van der Waals surface area contributed by atoms with E-state index in [-0.39, 0.29) is 5.91 Å². The molecule has 1 fully saturated rings. The number of hydrogen-bond donors (Lipinski definition) is 1. The highest BCUT2D eigenvalue weighted by molar-refractivity contribution is 5.94. The van der Waals surface area contributed by atoms with Gasteiger partial charge in [-0.05, 0) is 49.1 Å². The van der Waals surface area contributed by atoms with Gasteiger partial charge in [0.25, 0.3) is 11.8 Å². The van der Waals surface area contributed by atoms with E-state index in [1.165, 1.54) is 25.5 Å². The Morgan fingerprint density at radius 1 is 1.14 bits per heavy atom. The number of amides is 1. The summed E-state index contributed by atoms with van der Waals surface area (Å²) in [6.07, 6.45) is 12.1. The number of rotatable bonds is 5. The van der Waals surface area contributed by atoms with Gasteiger partial charge in [0, 0.05) is 50.4 Å². The van der Waals surface area contributed by atoms with Crippen LogP contribution in [0, 0.1) is 0 Å². The van der Waals surface area contributed by atoms with Gasteiger partial charge in [0.2, 0.25) is 5.82 Å². The molecular formula is C21H22N6O2. The van der Waals surface area contributed by atoms with Crippen molar-refractivity contribution in [2.75, 3.05) is 25.0 Å². The van der Waals surface area contributed by atoms with Crippen LogP contribution in [0.3, 0.4) is 0 Å². The SMILES string of the molecule is CNC(=O)c1cncc(/C=C/c2nc(-c3ccc(N4CCCCC4)nc3)no2)c1. The first-order valence-corrected chi connectivity index (χ1v) is 9.63. The first-order chi connectivity index (χ1) is 14.2. The minimum atomic E-state index is -0.187. The second-order valence-electron chi connectivity index (χ2n) is 6.83. The Kier molecular flexibility index (Phi) is 5.60. The monoisotopic (exact) mass is 390 g/mol. The van der Waals surface area contributed by atoms with Crippen molar-refractivity contribution in [1.82, 2.24) is 25.4 Å². The molecule has 4 heterocycles. The van der Waals surface area contributed by atoms with Gasteiger partial charge in [-0.2, -0.15) is 4.98 Å². The zero-order valence-corrected chi connectivity index (χ0v) is 16.2. The number of pyridine rings is 2. The molecule has 0 aromatic carbocycles. The van der Waals surface area contributed by atoms with Gasteiger partial charge < -0.3 is 14.7 Å². The number of hydrogen-bond acceptors (Lipinski definition) is 7. The van der Waals surface area contributed by atoms with Crippen LogP contribution in [0.1, 0.15) is 41.1 Å². The van der Waals surface area contributed by atoms with Gasteiger partial charge in [0.05, 0.1) is 5.56 Å². The van der Waals surface area contributed by atoms with Crippen molar-refractivity contribution in [3.63, 3.8) is 0 Å². The molecule has 3 aromatic heterocycles. The molecule has 0 atom stereocenters. The summed E-state index contributed by atoms with van der Waals surface area (Å²) in [6, 6.07) is 5.71. The van der Waals surface area contributed by atoms with E-state index in [1.54, 1.807) is 37.7 Å². The average molecular weight is 390 g/mol. The maximum Gasteiger partial charge on any atom is 0.252 e. The summed E-state index contributed by atoms with van der Waals surface area (Å²) in [4.78, 5) is 27.0. The molecule has 8 heteroatoms. The lowest BCUT2D eigenvalue weighted by Gasteiger charge is -2.27. The molecule has 1 N–H and O–H groups in total. The number of aromatic nitrogens is 4. The molecule has 8 nitrogen and oxygen atoms in total. The number of carbonyl (C=O) groups excluding carboxylic acids is 1. The van der Waals surface area contributed by atoms with Crippen LogP contribution in [0.5, 0.6) is 0 Å². The van der Waals surface area contributed by atoms with Crippen molar-refractivity contribution in [3.05, 3.63) is 53.8 Å². The van der Waals surface area contributed by atoms with Gasteiger partial charge in [0.1, 0.15) is 5.82 Å². The maximum atomic E-state index is 11.7. The fourth-order valence-electron chi connectivity index (χ4n) is 3.23. The topological polar surface area (TPSA) is 97.0 Å². The molecule has 0 spiro atoms. The molecule has 0 radical (unpaired) electrons. The molecular weight excluding hydrogens is 368 g/mol. The molecule has 0 unspecified atom stereocenters. The Balaban J connectivity index is 1.45. The zero-order chi connectivity index (χ0) is 20.1. The maximum absolute atomic E-state index is 11.7. The van der Waals surface area contributed by atoms with E-state index >= 15 is 0 Å². The van der Waals surface area contributed by atoms with Crippen molar-refractivity contribution in [1.29, 1.82) is 0 Å². The third kappa shape index (κ3) is 4.48. The van der Waals surface area contributed by atoms with E-state index in [9.17, 15) is 4.79 Å². The molecule has 1 amide bonds. The molecule has 148 valence electrons. The summed E-state index contributed by atoms with van der Waals surface area (Å²) in [6.45, 7) is 2.11. The van der Waals surface area contributed by atoms with Crippen molar-refractivity contribution >= 4 is 23.9 Å². The molecule has 0 saturated carbocycles.